The van der Waals surface area contributed by atoms with Gasteiger partial charge in [-0.15, -0.1) is 0 Å². The molecule has 1 aliphatic heterocycles. The van der Waals surface area contributed by atoms with Crippen molar-refractivity contribution in [3.63, 3.8) is 0 Å². The van der Waals surface area contributed by atoms with Crippen molar-refractivity contribution in [1.29, 1.82) is 0 Å². The summed E-state index contributed by atoms with van der Waals surface area (Å²) in [6.45, 7) is 1.93. The Hall–Kier alpha value is -2.24. The van der Waals surface area contributed by atoms with Gasteiger partial charge < -0.3 is 19.7 Å². The van der Waals surface area contributed by atoms with E-state index in [0.29, 0.717) is 17.9 Å². The van der Waals surface area contributed by atoms with E-state index in [1.54, 1.807) is 19.1 Å². The molecule has 1 heterocycles. The molecular formula is C14H16O6. The summed E-state index contributed by atoms with van der Waals surface area (Å²) in [6, 6.07) is 5.42. The highest BCUT2D eigenvalue weighted by molar-refractivity contribution is 5.78. The summed E-state index contributed by atoms with van der Waals surface area (Å²) in [7, 11) is 0. The Kier molecular flexibility index (Phi) is 4.12. The molecule has 0 bridgehead atoms. The van der Waals surface area contributed by atoms with Gasteiger partial charge in [-0.1, -0.05) is 13.0 Å². The van der Waals surface area contributed by atoms with E-state index in [0.717, 1.165) is 5.56 Å². The molecule has 1 aromatic carbocycles. The van der Waals surface area contributed by atoms with Crippen LogP contribution in [0.3, 0.4) is 0 Å². The Balaban J connectivity index is 2.07. The molecule has 6 nitrogen and oxygen atoms in total. The molecule has 0 aliphatic carbocycles. The van der Waals surface area contributed by atoms with Gasteiger partial charge in [-0.25, -0.2) is 0 Å². The van der Waals surface area contributed by atoms with E-state index < -0.39 is 17.9 Å². The van der Waals surface area contributed by atoms with Crippen molar-refractivity contribution in [3.05, 3.63) is 23.8 Å². The lowest BCUT2D eigenvalue weighted by atomic mass is 9.86. The van der Waals surface area contributed by atoms with Crippen molar-refractivity contribution in [2.24, 2.45) is 11.8 Å². The largest absolute Gasteiger partial charge is 0.481 e. The van der Waals surface area contributed by atoms with Crippen LogP contribution < -0.4 is 9.47 Å². The first-order chi connectivity index (χ1) is 9.47. The number of fused-ring (bicyclic) bond motifs is 1. The fourth-order valence-corrected chi connectivity index (χ4v) is 2.30. The van der Waals surface area contributed by atoms with Crippen molar-refractivity contribution < 1.29 is 29.3 Å². The third-order valence-corrected chi connectivity index (χ3v) is 3.39. The van der Waals surface area contributed by atoms with Crippen molar-refractivity contribution in [2.75, 3.05) is 6.79 Å². The van der Waals surface area contributed by atoms with Crippen LogP contribution in [0.25, 0.3) is 0 Å². The maximum absolute atomic E-state index is 11.1. The molecular weight excluding hydrogens is 264 g/mol. The van der Waals surface area contributed by atoms with Crippen molar-refractivity contribution in [3.8, 4) is 11.5 Å². The molecule has 0 saturated heterocycles. The molecule has 2 rings (SSSR count). The van der Waals surface area contributed by atoms with Gasteiger partial charge in [0.2, 0.25) is 6.79 Å². The summed E-state index contributed by atoms with van der Waals surface area (Å²) in [5.74, 6) is -2.07. The maximum atomic E-state index is 11.1. The van der Waals surface area contributed by atoms with Crippen LogP contribution in [0.1, 0.15) is 18.9 Å². The molecule has 2 N–H and O–H groups in total. The van der Waals surface area contributed by atoms with Crippen LogP contribution in [-0.4, -0.2) is 28.9 Å². The summed E-state index contributed by atoms with van der Waals surface area (Å²) in [4.78, 5) is 21.9. The Labute approximate surface area is 115 Å². The van der Waals surface area contributed by atoms with E-state index in [-0.39, 0.29) is 19.1 Å². The molecule has 0 spiro atoms. The van der Waals surface area contributed by atoms with E-state index >= 15 is 0 Å². The number of aliphatic carboxylic acids is 2. The summed E-state index contributed by atoms with van der Waals surface area (Å²) in [6.07, 6.45) is 0.0991. The smallest absolute Gasteiger partial charge is 0.307 e. The quantitative estimate of drug-likeness (QED) is 0.825. The van der Waals surface area contributed by atoms with Gasteiger partial charge in [-0.05, 0) is 30.0 Å². The minimum Gasteiger partial charge on any atom is -0.481 e. The highest BCUT2D eigenvalue weighted by Crippen LogP contribution is 2.33. The number of carbonyl (C=O) groups is 2. The van der Waals surface area contributed by atoms with Crippen LogP contribution in [0.4, 0.5) is 0 Å². The lowest BCUT2D eigenvalue weighted by Gasteiger charge is -2.18. The predicted octanol–water partition coefficient (Wildman–Crippen LogP) is 1.77. The van der Waals surface area contributed by atoms with E-state index in [1.807, 2.05) is 6.07 Å². The lowest BCUT2D eigenvalue weighted by molar-refractivity contribution is -0.150. The Bertz CT molecular complexity index is 524. The summed E-state index contributed by atoms with van der Waals surface area (Å²) in [5, 5.41) is 17.9. The van der Waals surface area contributed by atoms with Crippen LogP contribution in [0.2, 0.25) is 0 Å². The van der Waals surface area contributed by atoms with E-state index in [1.165, 1.54) is 0 Å². The van der Waals surface area contributed by atoms with E-state index in [4.69, 9.17) is 19.7 Å². The van der Waals surface area contributed by atoms with Gasteiger partial charge in [0.1, 0.15) is 0 Å². The molecule has 6 heteroatoms. The Morgan fingerprint density at radius 2 is 1.95 bits per heavy atom. The second-order valence-electron chi connectivity index (χ2n) is 4.91. The van der Waals surface area contributed by atoms with Crippen LogP contribution in [-0.2, 0) is 16.0 Å². The zero-order valence-electron chi connectivity index (χ0n) is 11.0. The van der Waals surface area contributed by atoms with Crippen LogP contribution in [0, 0.1) is 11.8 Å². The lowest BCUT2D eigenvalue weighted by Crippen LogP contribution is -2.26. The first-order valence-corrected chi connectivity index (χ1v) is 6.30. The molecule has 0 amide bonds. The normalized spacial score (nSPS) is 15.7. The number of hydrogen-bond donors (Lipinski definition) is 2. The van der Waals surface area contributed by atoms with Crippen LogP contribution in [0.5, 0.6) is 11.5 Å². The van der Waals surface area contributed by atoms with Gasteiger partial charge in [0.15, 0.2) is 11.5 Å². The second-order valence-corrected chi connectivity index (χ2v) is 4.91. The molecule has 2 atom stereocenters. The standard InChI is InChI=1S/C14H16O6/c1-8(10(14(17)18)6-13(15)16)4-9-2-3-11-12(5-9)20-7-19-11/h2-3,5,8,10H,4,6-7H2,1H3,(H,15,16)(H,17,18). The molecule has 1 aromatic rings. The van der Waals surface area contributed by atoms with Crippen molar-refractivity contribution >= 4 is 11.9 Å². The zero-order chi connectivity index (χ0) is 14.7. The minimum absolute atomic E-state index is 0.186. The highest BCUT2D eigenvalue weighted by Gasteiger charge is 2.27. The van der Waals surface area contributed by atoms with Crippen molar-refractivity contribution in [1.82, 2.24) is 0 Å². The number of ether oxygens (including phenoxy) is 2. The van der Waals surface area contributed by atoms with Crippen LogP contribution >= 0.6 is 0 Å². The zero-order valence-corrected chi connectivity index (χ0v) is 11.0. The van der Waals surface area contributed by atoms with E-state index in [9.17, 15) is 9.59 Å². The molecule has 0 aromatic heterocycles. The third-order valence-electron chi connectivity index (χ3n) is 3.39. The van der Waals surface area contributed by atoms with Gasteiger partial charge >= 0.3 is 11.9 Å². The Morgan fingerprint density at radius 3 is 2.60 bits per heavy atom. The van der Waals surface area contributed by atoms with Gasteiger partial charge in [0.05, 0.1) is 12.3 Å². The molecule has 0 radical (unpaired) electrons. The average molecular weight is 280 g/mol. The average Bonchev–Trinajstić information content (AvgIpc) is 2.82. The highest BCUT2D eigenvalue weighted by atomic mass is 16.7. The topological polar surface area (TPSA) is 93.1 Å². The molecule has 108 valence electrons. The monoisotopic (exact) mass is 280 g/mol. The van der Waals surface area contributed by atoms with Gasteiger partial charge in [0, 0.05) is 0 Å². The SMILES string of the molecule is CC(Cc1ccc2c(c1)OCO2)C(CC(=O)O)C(=O)O. The fourth-order valence-electron chi connectivity index (χ4n) is 2.30. The maximum Gasteiger partial charge on any atom is 0.307 e. The Morgan fingerprint density at radius 1 is 1.25 bits per heavy atom. The van der Waals surface area contributed by atoms with Gasteiger partial charge in [-0.3, -0.25) is 9.59 Å². The van der Waals surface area contributed by atoms with Crippen LogP contribution in [0.15, 0.2) is 18.2 Å². The van der Waals surface area contributed by atoms with Gasteiger partial charge in [-0.2, -0.15) is 0 Å². The molecule has 0 fully saturated rings. The number of rotatable bonds is 6. The molecule has 2 unspecified atom stereocenters. The molecule has 0 saturated carbocycles. The third kappa shape index (κ3) is 3.20. The summed E-state index contributed by atoms with van der Waals surface area (Å²) in [5.41, 5.74) is 0.901. The summed E-state index contributed by atoms with van der Waals surface area (Å²) >= 11 is 0. The first kappa shape index (κ1) is 14.2. The van der Waals surface area contributed by atoms with Crippen molar-refractivity contribution in [2.45, 2.75) is 19.8 Å². The number of benzene rings is 1. The van der Waals surface area contributed by atoms with E-state index in [2.05, 4.69) is 0 Å². The minimum atomic E-state index is -1.10. The first-order valence-electron chi connectivity index (χ1n) is 6.30. The fraction of sp³-hybridized carbons (Fsp3) is 0.429. The number of carboxylic acids is 2. The second kappa shape index (κ2) is 5.81. The summed E-state index contributed by atoms with van der Waals surface area (Å²) < 4.78 is 10.5. The molecule has 20 heavy (non-hydrogen) atoms. The molecule has 1 aliphatic rings. The van der Waals surface area contributed by atoms with Gasteiger partial charge in [0.25, 0.3) is 0 Å². The number of hydrogen-bond acceptors (Lipinski definition) is 4. The predicted molar refractivity (Wildman–Crippen MR) is 68.8 cm³/mol. The number of carboxylic acid groups (broad SMARTS) is 2.